The number of nitrogens with two attached hydrogens (primary N) is 1. The third-order valence-corrected chi connectivity index (χ3v) is 6.22. The van der Waals surface area contributed by atoms with Crippen molar-refractivity contribution in [2.45, 2.75) is 11.5 Å². The Labute approximate surface area is 204 Å². The number of hydrogen-bond donors (Lipinski definition) is 2. The number of nitrogens with zero attached hydrogens (tertiary/aromatic N) is 1. The molecule has 35 heavy (non-hydrogen) atoms. The van der Waals surface area contributed by atoms with E-state index in [-0.39, 0.29) is 11.5 Å². The van der Waals surface area contributed by atoms with Gasteiger partial charge in [-0.1, -0.05) is 36.9 Å². The number of sulfone groups is 1. The first-order valence-corrected chi connectivity index (χ1v) is 12.6. The van der Waals surface area contributed by atoms with Gasteiger partial charge >= 0.3 is 0 Å². The second-order valence-corrected chi connectivity index (χ2v) is 9.87. The molecule has 0 aliphatic carbocycles. The molecule has 0 fully saturated rings. The van der Waals surface area contributed by atoms with Gasteiger partial charge in [-0.25, -0.2) is 13.4 Å². The predicted octanol–water partition coefficient (Wildman–Crippen LogP) is 5.52. The van der Waals surface area contributed by atoms with Crippen LogP contribution in [0.5, 0.6) is 17.2 Å². The van der Waals surface area contributed by atoms with Crippen LogP contribution in [-0.4, -0.2) is 19.7 Å². The molecule has 3 aromatic carbocycles. The number of rotatable bonds is 9. The van der Waals surface area contributed by atoms with Crippen LogP contribution in [-0.2, 0) is 16.4 Å². The number of nitrogens with one attached hydrogen (secondary N) is 1. The van der Waals surface area contributed by atoms with Crippen molar-refractivity contribution in [1.29, 1.82) is 0 Å². The molecule has 0 aliphatic heterocycles. The number of benzene rings is 3. The van der Waals surface area contributed by atoms with Crippen LogP contribution >= 0.6 is 0 Å². The molecule has 0 spiro atoms. The summed E-state index contributed by atoms with van der Waals surface area (Å²) in [6.07, 6.45) is 2.80. The lowest BCUT2D eigenvalue weighted by molar-refractivity contribution is 0.304. The largest absolute Gasteiger partial charge is 0.489 e. The van der Waals surface area contributed by atoms with Crippen molar-refractivity contribution >= 4 is 27.0 Å². The third-order valence-electron chi connectivity index (χ3n) is 5.09. The zero-order chi connectivity index (χ0) is 24.8. The highest BCUT2D eigenvalue weighted by Gasteiger charge is 2.10. The van der Waals surface area contributed by atoms with Crippen LogP contribution in [0, 0.1) is 0 Å². The van der Waals surface area contributed by atoms with Gasteiger partial charge < -0.3 is 20.5 Å². The first-order chi connectivity index (χ1) is 16.8. The summed E-state index contributed by atoms with van der Waals surface area (Å²) in [6.45, 7) is 4.38. The van der Waals surface area contributed by atoms with E-state index in [1.54, 1.807) is 42.6 Å². The second kappa shape index (κ2) is 10.3. The summed E-state index contributed by atoms with van der Waals surface area (Å²) >= 11 is 0. The number of aromatic nitrogens is 1. The van der Waals surface area contributed by atoms with Gasteiger partial charge in [0.1, 0.15) is 29.7 Å². The van der Waals surface area contributed by atoms with Crippen LogP contribution in [0.3, 0.4) is 0 Å². The van der Waals surface area contributed by atoms with Crippen molar-refractivity contribution in [3.05, 3.63) is 109 Å². The van der Waals surface area contributed by atoms with Gasteiger partial charge in [0.05, 0.1) is 10.6 Å². The molecule has 4 rings (SSSR count). The maximum absolute atomic E-state index is 11.7. The summed E-state index contributed by atoms with van der Waals surface area (Å²) in [6, 6.07) is 25.1. The molecule has 0 radical (unpaired) electrons. The molecule has 4 aromatic rings. The zero-order valence-electron chi connectivity index (χ0n) is 19.1. The Bertz CT molecular complexity index is 1440. The third kappa shape index (κ3) is 6.39. The topological polar surface area (TPSA) is 104 Å². The molecule has 0 saturated carbocycles. The van der Waals surface area contributed by atoms with E-state index in [0.29, 0.717) is 34.5 Å². The van der Waals surface area contributed by atoms with E-state index in [9.17, 15) is 8.42 Å². The highest BCUT2D eigenvalue weighted by atomic mass is 32.2. The summed E-state index contributed by atoms with van der Waals surface area (Å²) in [5.41, 5.74) is 8.75. The van der Waals surface area contributed by atoms with Gasteiger partial charge in [0, 0.05) is 29.8 Å². The van der Waals surface area contributed by atoms with Crippen molar-refractivity contribution in [3.8, 4) is 17.2 Å². The lowest BCUT2D eigenvalue weighted by Gasteiger charge is -2.15. The van der Waals surface area contributed by atoms with E-state index in [2.05, 4.69) is 16.9 Å². The number of nitrogen functional groups attached to an aromatic ring is 1. The average Bonchev–Trinajstić information content (AvgIpc) is 2.84. The van der Waals surface area contributed by atoms with Crippen LogP contribution in [0.2, 0.25) is 0 Å². The van der Waals surface area contributed by atoms with E-state index in [1.807, 2.05) is 48.5 Å². The molecule has 8 heteroatoms. The van der Waals surface area contributed by atoms with E-state index in [4.69, 9.17) is 15.2 Å². The molecule has 1 aromatic heterocycles. The maximum atomic E-state index is 11.7. The van der Waals surface area contributed by atoms with E-state index in [0.717, 1.165) is 11.1 Å². The molecule has 3 N–H and O–H groups in total. The molecule has 0 unspecified atom stereocenters. The van der Waals surface area contributed by atoms with Crippen molar-refractivity contribution in [2.24, 2.45) is 0 Å². The van der Waals surface area contributed by atoms with Crippen LogP contribution in [0.25, 0.3) is 5.70 Å². The number of hydrogen-bond acceptors (Lipinski definition) is 7. The Hall–Kier alpha value is -4.30. The monoisotopic (exact) mass is 487 g/mol. The fraction of sp³-hybridized carbons (Fsp3) is 0.0741. The van der Waals surface area contributed by atoms with Gasteiger partial charge in [0.25, 0.3) is 0 Å². The minimum absolute atomic E-state index is 0.244. The molecule has 0 amide bonds. The lowest BCUT2D eigenvalue weighted by Crippen LogP contribution is -2.03. The Morgan fingerprint density at radius 1 is 0.943 bits per heavy atom. The highest BCUT2D eigenvalue weighted by molar-refractivity contribution is 7.90. The quantitative estimate of drug-likeness (QED) is 0.320. The van der Waals surface area contributed by atoms with E-state index in [1.165, 1.54) is 6.26 Å². The smallest absolute Gasteiger partial charge is 0.175 e. The summed E-state index contributed by atoms with van der Waals surface area (Å²) in [5.74, 6) is 2.17. The molecule has 1 heterocycles. The van der Waals surface area contributed by atoms with Crippen LogP contribution in [0.1, 0.15) is 11.1 Å². The van der Waals surface area contributed by atoms with Crippen LogP contribution < -0.4 is 20.5 Å². The predicted molar refractivity (Wildman–Crippen MR) is 138 cm³/mol. The zero-order valence-corrected chi connectivity index (χ0v) is 20.0. The molecule has 0 aliphatic rings. The van der Waals surface area contributed by atoms with Gasteiger partial charge in [-0.05, 0) is 54.1 Å². The summed E-state index contributed by atoms with van der Waals surface area (Å²) < 4.78 is 35.4. The Morgan fingerprint density at radius 2 is 1.66 bits per heavy atom. The molecular weight excluding hydrogens is 462 g/mol. The van der Waals surface area contributed by atoms with E-state index >= 15 is 0 Å². The van der Waals surface area contributed by atoms with Gasteiger partial charge in [-0.15, -0.1) is 0 Å². The fourth-order valence-electron chi connectivity index (χ4n) is 3.27. The first kappa shape index (κ1) is 23.8. The number of pyridine rings is 1. The maximum Gasteiger partial charge on any atom is 0.175 e. The first-order valence-electron chi connectivity index (χ1n) is 10.7. The summed E-state index contributed by atoms with van der Waals surface area (Å²) in [7, 11) is -3.25. The fourth-order valence-corrected chi connectivity index (χ4v) is 3.90. The van der Waals surface area contributed by atoms with Crippen molar-refractivity contribution < 1.29 is 17.9 Å². The number of para-hydroxylation sites is 1. The number of ether oxygens (including phenoxy) is 2. The molecule has 0 atom stereocenters. The standard InChI is InChI=1S/C27H25N3O4S/c1-19(30-26-9-6-14-29-27(26)28)21-15-23(17-24(16-21)34-22-7-4-3-5-8-22)33-18-20-10-12-25(13-11-20)35(2,31)32/h3-17,30H,1,18H2,2H3,(H2,28,29). The molecule has 0 bridgehead atoms. The SMILES string of the molecule is C=C(Nc1cccnc1N)c1cc(OCc2ccc(S(C)(=O)=O)cc2)cc(Oc2ccccc2)c1. The second-order valence-electron chi connectivity index (χ2n) is 7.85. The van der Waals surface area contributed by atoms with Gasteiger partial charge in [-0.2, -0.15) is 0 Å². The lowest BCUT2D eigenvalue weighted by atomic mass is 10.1. The van der Waals surface area contributed by atoms with Crippen LogP contribution in [0.4, 0.5) is 11.5 Å². The van der Waals surface area contributed by atoms with Gasteiger partial charge in [0.15, 0.2) is 9.84 Å². The summed E-state index contributed by atoms with van der Waals surface area (Å²) in [5, 5.41) is 3.19. The molecule has 7 nitrogen and oxygen atoms in total. The van der Waals surface area contributed by atoms with E-state index < -0.39 is 9.84 Å². The average molecular weight is 488 g/mol. The van der Waals surface area contributed by atoms with Crippen LogP contribution in [0.15, 0.2) is 103 Å². The summed E-state index contributed by atoms with van der Waals surface area (Å²) in [4.78, 5) is 4.35. The molecular formula is C27H25N3O4S. The molecule has 0 saturated heterocycles. The van der Waals surface area contributed by atoms with Crippen molar-refractivity contribution in [3.63, 3.8) is 0 Å². The van der Waals surface area contributed by atoms with Gasteiger partial charge in [-0.3, -0.25) is 0 Å². The minimum Gasteiger partial charge on any atom is -0.489 e. The van der Waals surface area contributed by atoms with Crippen molar-refractivity contribution in [1.82, 2.24) is 4.98 Å². The minimum atomic E-state index is -3.25. The normalized spacial score (nSPS) is 11.0. The van der Waals surface area contributed by atoms with Crippen molar-refractivity contribution in [2.75, 3.05) is 17.3 Å². The Balaban J connectivity index is 1.58. The Morgan fingerprint density at radius 3 is 2.34 bits per heavy atom. The highest BCUT2D eigenvalue weighted by Crippen LogP contribution is 2.31. The Kier molecular flexibility index (Phi) is 7.03. The number of anilines is 2. The van der Waals surface area contributed by atoms with Gasteiger partial charge in [0.2, 0.25) is 0 Å². The molecule has 178 valence electrons.